The fourth-order valence-corrected chi connectivity index (χ4v) is 5.93. The highest BCUT2D eigenvalue weighted by Crippen LogP contribution is 2.35. The highest BCUT2D eigenvalue weighted by atomic mass is 35.5. The summed E-state index contributed by atoms with van der Waals surface area (Å²) in [6.45, 7) is 2.18. The maximum absolute atomic E-state index is 13.4. The Bertz CT molecular complexity index is 2010. The predicted octanol–water partition coefficient (Wildman–Crippen LogP) is 4.65. The molecule has 0 spiro atoms. The summed E-state index contributed by atoms with van der Waals surface area (Å²) in [7, 11) is 0.0292. The van der Waals surface area contributed by atoms with Crippen LogP contribution in [0.4, 0.5) is 0 Å². The van der Waals surface area contributed by atoms with Crippen molar-refractivity contribution in [2.24, 2.45) is 4.99 Å². The van der Waals surface area contributed by atoms with Gasteiger partial charge >= 0.3 is 7.12 Å². The number of carbonyl (C=O) groups excluding carboxylic acids is 2. The van der Waals surface area contributed by atoms with Crippen molar-refractivity contribution in [1.82, 2.24) is 20.1 Å². The van der Waals surface area contributed by atoms with Crippen molar-refractivity contribution in [2.45, 2.75) is 32.2 Å². The van der Waals surface area contributed by atoms with Crippen LogP contribution in [0.3, 0.4) is 0 Å². The van der Waals surface area contributed by atoms with E-state index in [1.807, 2.05) is 54.0 Å². The lowest BCUT2D eigenvalue weighted by atomic mass is 9.79. The fraction of sp³-hybridized carbons (Fsp3) is 0.194. The third-order valence-corrected chi connectivity index (χ3v) is 8.48. The number of aryl methyl sites for hydroxylation is 1. The third-order valence-electron chi connectivity index (χ3n) is 8.23. The van der Waals surface area contributed by atoms with Crippen LogP contribution in [0, 0.1) is 6.92 Å². The highest BCUT2D eigenvalue weighted by molar-refractivity contribution is 6.58. The van der Waals surface area contributed by atoms with Crippen molar-refractivity contribution in [1.29, 1.82) is 0 Å². The van der Waals surface area contributed by atoms with E-state index in [2.05, 4.69) is 15.5 Å². The molecule has 1 atom stereocenters. The van der Waals surface area contributed by atoms with Crippen LogP contribution in [0.5, 0.6) is 5.75 Å². The van der Waals surface area contributed by atoms with Gasteiger partial charge in [0.2, 0.25) is 0 Å². The molecule has 0 fully saturated rings. The molecule has 6 rings (SSSR count). The summed E-state index contributed by atoms with van der Waals surface area (Å²) in [4.78, 5) is 31.4. The smallest absolute Gasteiger partial charge is 0.488 e. The number of methoxy groups -OCH3 is 1. The monoisotopic (exact) mass is 661 g/mol. The number of nitrogens with one attached hydrogen (secondary N) is 1. The highest BCUT2D eigenvalue weighted by Gasteiger charge is 2.30. The van der Waals surface area contributed by atoms with Gasteiger partial charge in [-0.15, -0.1) is 10.2 Å². The van der Waals surface area contributed by atoms with Gasteiger partial charge in [-0.2, -0.15) is 0 Å². The van der Waals surface area contributed by atoms with Crippen molar-refractivity contribution in [2.75, 3.05) is 13.7 Å². The second-order valence-corrected chi connectivity index (χ2v) is 11.9. The van der Waals surface area contributed by atoms with Crippen LogP contribution in [0.15, 0.2) is 96.0 Å². The first-order chi connectivity index (χ1) is 23.2. The van der Waals surface area contributed by atoms with Gasteiger partial charge < -0.3 is 20.1 Å². The molecule has 4 aromatic carbocycles. The minimum absolute atomic E-state index is 0.0165. The Balaban J connectivity index is 1.15. The molecule has 0 unspecified atom stereocenters. The van der Waals surface area contributed by atoms with Crippen molar-refractivity contribution < 1.29 is 24.4 Å². The molecule has 242 valence electrons. The minimum atomic E-state index is -1.58. The third kappa shape index (κ3) is 7.08. The van der Waals surface area contributed by atoms with Gasteiger partial charge in [-0.1, -0.05) is 60.1 Å². The molecule has 0 bridgehead atoms. The SMILES string of the molecule is COc1ccc2c(c1)C(c1ccc(Cl)cc1)=N[C@@H](CC(=O)CCCNC(=O)c1cccc(-c3cccc(B(O)O)c3)c1)c1nnc(C)n1-2. The number of benzene rings is 4. The lowest BCUT2D eigenvalue weighted by Gasteiger charge is -2.14. The van der Waals surface area contributed by atoms with E-state index in [1.54, 1.807) is 55.6 Å². The number of halogens is 1. The lowest BCUT2D eigenvalue weighted by molar-refractivity contribution is -0.119. The van der Waals surface area contributed by atoms with Gasteiger partial charge in [-0.3, -0.25) is 19.1 Å². The summed E-state index contributed by atoms with van der Waals surface area (Å²) in [6.07, 6.45) is 0.801. The van der Waals surface area contributed by atoms with Crippen molar-refractivity contribution in [3.63, 3.8) is 0 Å². The quantitative estimate of drug-likeness (QED) is 0.138. The van der Waals surface area contributed by atoms with Crippen LogP contribution in [-0.2, 0) is 4.79 Å². The first kappa shape index (κ1) is 32.8. The van der Waals surface area contributed by atoms with E-state index in [1.165, 1.54) is 0 Å². The van der Waals surface area contributed by atoms with Crippen molar-refractivity contribution in [3.8, 4) is 22.6 Å². The molecular formula is C36H33BClN5O5. The molecule has 1 aromatic heterocycles. The molecule has 1 aliphatic rings. The van der Waals surface area contributed by atoms with E-state index in [0.29, 0.717) is 52.1 Å². The zero-order valence-electron chi connectivity index (χ0n) is 26.4. The van der Waals surface area contributed by atoms with Gasteiger partial charge in [0.1, 0.15) is 23.4 Å². The molecule has 48 heavy (non-hydrogen) atoms. The van der Waals surface area contributed by atoms with Crippen LogP contribution >= 0.6 is 11.6 Å². The number of aromatic nitrogens is 3. The second kappa shape index (κ2) is 14.3. The van der Waals surface area contributed by atoms with Gasteiger partial charge in [-0.05, 0) is 72.4 Å². The van der Waals surface area contributed by atoms with Crippen LogP contribution in [0.2, 0.25) is 5.02 Å². The molecule has 0 saturated heterocycles. The zero-order chi connectivity index (χ0) is 33.8. The van der Waals surface area contributed by atoms with Crippen molar-refractivity contribution >= 4 is 41.6 Å². The lowest BCUT2D eigenvalue weighted by Crippen LogP contribution is -2.29. The number of hydrogen-bond donors (Lipinski definition) is 3. The molecule has 0 saturated carbocycles. The number of Topliss-reactive ketones (excluding diaryl/α,β-unsaturated/α-hetero) is 1. The van der Waals surface area contributed by atoms with E-state index >= 15 is 0 Å². The van der Waals surface area contributed by atoms with E-state index in [0.717, 1.165) is 27.9 Å². The number of nitrogens with zero attached hydrogens (tertiary/aromatic N) is 4. The maximum Gasteiger partial charge on any atom is 0.488 e. The molecule has 10 nitrogen and oxygen atoms in total. The number of amides is 1. The molecule has 1 amide bonds. The standard InChI is InChI=1S/C36H33BClN5O5/c1-22-41-42-35-32(40-34(23-11-13-28(38)14-12-23)31-21-30(48-2)15-16-33(31)43(22)35)20-29(44)10-5-17-39-36(45)26-8-3-6-24(18-26)25-7-4-9-27(19-25)37(46)47/h3-4,6-9,11-16,18-19,21,32,46-47H,5,10,17,20H2,1-2H3,(H,39,45)/t32-/m0/s1. The molecule has 0 aliphatic carbocycles. The second-order valence-electron chi connectivity index (χ2n) is 11.5. The molecule has 1 aliphatic heterocycles. The van der Waals surface area contributed by atoms with E-state index in [4.69, 9.17) is 21.3 Å². The Morgan fingerprint density at radius 2 is 1.69 bits per heavy atom. The van der Waals surface area contributed by atoms with Crippen LogP contribution in [0.25, 0.3) is 16.8 Å². The van der Waals surface area contributed by atoms with Gasteiger partial charge in [0, 0.05) is 41.1 Å². The largest absolute Gasteiger partial charge is 0.497 e. The van der Waals surface area contributed by atoms with Crippen LogP contribution in [0.1, 0.15) is 58.4 Å². The Labute approximate surface area is 283 Å². The average Bonchev–Trinajstić information content (AvgIpc) is 3.43. The van der Waals surface area contributed by atoms with E-state index < -0.39 is 13.2 Å². The first-order valence-electron chi connectivity index (χ1n) is 15.5. The summed E-state index contributed by atoms with van der Waals surface area (Å²) in [5.74, 6) is 1.63. The first-order valence-corrected chi connectivity index (χ1v) is 15.9. The van der Waals surface area contributed by atoms with Crippen molar-refractivity contribution in [3.05, 3.63) is 124 Å². The normalized spacial score (nSPS) is 13.5. The minimum Gasteiger partial charge on any atom is -0.497 e. The predicted molar refractivity (Wildman–Crippen MR) is 185 cm³/mol. The fourth-order valence-electron chi connectivity index (χ4n) is 5.80. The topological polar surface area (TPSA) is 139 Å². The summed E-state index contributed by atoms with van der Waals surface area (Å²) in [5, 5.41) is 31.3. The zero-order valence-corrected chi connectivity index (χ0v) is 27.2. The van der Waals surface area contributed by atoms with Gasteiger partial charge in [0.05, 0.1) is 18.5 Å². The number of aliphatic imine (C=N–C) groups is 1. The Hall–Kier alpha value is -5.10. The number of ether oxygens (including phenoxy) is 1. The maximum atomic E-state index is 13.4. The van der Waals surface area contributed by atoms with Gasteiger partial charge in [0.15, 0.2) is 5.82 Å². The Morgan fingerprint density at radius 3 is 2.44 bits per heavy atom. The number of hydrogen-bond acceptors (Lipinski definition) is 8. The van der Waals surface area contributed by atoms with Gasteiger partial charge in [0.25, 0.3) is 5.91 Å². The summed E-state index contributed by atoms with van der Waals surface area (Å²) in [6, 6.07) is 26.5. The Kier molecular flexibility index (Phi) is 9.81. The summed E-state index contributed by atoms with van der Waals surface area (Å²) >= 11 is 6.20. The molecule has 2 heterocycles. The molecular weight excluding hydrogens is 629 g/mol. The summed E-state index contributed by atoms with van der Waals surface area (Å²) in [5.41, 5.74) is 5.54. The Morgan fingerprint density at radius 1 is 0.938 bits per heavy atom. The van der Waals surface area contributed by atoms with Crippen LogP contribution < -0.4 is 15.5 Å². The van der Waals surface area contributed by atoms with Gasteiger partial charge in [-0.25, -0.2) is 0 Å². The molecule has 5 aromatic rings. The number of fused-ring (bicyclic) bond motifs is 3. The molecule has 12 heteroatoms. The number of ketones is 1. The number of carbonyl (C=O) groups is 2. The van der Waals surface area contributed by atoms with E-state index in [-0.39, 0.29) is 24.5 Å². The van der Waals surface area contributed by atoms with E-state index in [9.17, 15) is 19.6 Å². The summed E-state index contributed by atoms with van der Waals surface area (Å²) < 4.78 is 7.48. The number of rotatable bonds is 11. The molecule has 0 radical (unpaired) electrons. The van der Waals surface area contributed by atoms with Crippen LogP contribution in [-0.4, -0.2) is 63.0 Å². The molecule has 3 N–H and O–H groups in total. The average molecular weight is 662 g/mol.